The Hall–Kier alpha value is -2.67. The van der Waals surface area contributed by atoms with Crippen LogP contribution in [-0.2, 0) is 4.79 Å². The Bertz CT molecular complexity index is 924. The Morgan fingerprint density at radius 3 is 2.69 bits per heavy atom. The number of carbonyl (C=O) groups is 1. The quantitative estimate of drug-likeness (QED) is 0.668. The van der Waals surface area contributed by atoms with Crippen LogP contribution < -0.4 is 5.32 Å². The zero-order valence-corrected chi connectivity index (χ0v) is 14.7. The summed E-state index contributed by atoms with van der Waals surface area (Å²) in [5.41, 5.74) is 1.44. The van der Waals surface area contributed by atoms with Crippen molar-refractivity contribution in [2.75, 3.05) is 11.1 Å². The molecule has 1 amide bonds. The lowest BCUT2D eigenvalue weighted by Crippen LogP contribution is -2.14. The molecule has 0 bridgehead atoms. The van der Waals surface area contributed by atoms with Gasteiger partial charge < -0.3 is 5.32 Å². The van der Waals surface area contributed by atoms with Crippen LogP contribution in [0.4, 0.5) is 10.1 Å². The summed E-state index contributed by atoms with van der Waals surface area (Å²) in [5.74, 6) is 0.971. The minimum Gasteiger partial charge on any atom is -0.325 e. The molecule has 26 heavy (non-hydrogen) atoms. The van der Waals surface area contributed by atoms with Gasteiger partial charge in [0.25, 0.3) is 0 Å². The summed E-state index contributed by atoms with van der Waals surface area (Å²) < 4.78 is 15.2. The third-order valence-electron chi connectivity index (χ3n) is 4.06. The number of nitrogens with one attached hydrogen (secondary N) is 1. The van der Waals surface area contributed by atoms with Gasteiger partial charge in [0.2, 0.25) is 5.91 Å². The number of para-hydroxylation sites is 1. The second-order valence-electron chi connectivity index (χ2n) is 6.13. The highest BCUT2D eigenvalue weighted by Gasteiger charge is 2.31. The molecule has 0 unspecified atom stereocenters. The molecule has 1 saturated carbocycles. The number of amides is 1. The van der Waals surface area contributed by atoms with Gasteiger partial charge in [0.05, 0.1) is 5.75 Å². The summed E-state index contributed by atoms with van der Waals surface area (Å²) in [4.78, 5) is 12.2. The minimum absolute atomic E-state index is 0.173. The van der Waals surface area contributed by atoms with Crippen LogP contribution in [0.2, 0.25) is 0 Å². The van der Waals surface area contributed by atoms with Crippen molar-refractivity contribution in [2.45, 2.75) is 23.9 Å². The monoisotopic (exact) mass is 368 g/mol. The summed E-state index contributed by atoms with van der Waals surface area (Å²) in [5, 5.41) is 12.0. The molecule has 0 spiro atoms. The molecule has 5 nitrogen and oxygen atoms in total. The fourth-order valence-electron chi connectivity index (χ4n) is 2.69. The minimum atomic E-state index is -0.381. The maximum Gasteiger partial charge on any atom is 0.234 e. The van der Waals surface area contributed by atoms with Crippen LogP contribution in [-0.4, -0.2) is 26.4 Å². The second kappa shape index (κ2) is 7.29. The van der Waals surface area contributed by atoms with Gasteiger partial charge in [-0.1, -0.05) is 36.0 Å². The maximum atomic E-state index is 13.2. The lowest BCUT2D eigenvalue weighted by molar-refractivity contribution is -0.113. The van der Waals surface area contributed by atoms with Crippen LogP contribution in [0.15, 0.2) is 59.8 Å². The molecule has 0 saturated heterocycles. The van der Waals surface area contributed by atoms with E-state index >= 15 is 0 Å². The van der Waals surface area contributed by atoms with Crippen LogP contribution in [0.3, 0.4) is 0 Å². The zero-order chi connectivity index (χ0) is 17.9. The number of carbonyl (C=O) groups excluding carboxylic acids is 1. The van der Waals surface area contributed by atoms with Gasteiger partial charge in [0.15, 0.2) is 5.16 Å². The molecule has 1 aromatic heterocycles. The topological polar surface area (TPSA) is 59.8 Å². The highest BCUT2D eigenvalue weighted by atomic mass is 32.2. The van der Waals surface area contributed by atoms with E-state index in [1.54, 1.807) is 12.1 Å². The van der Waals surface area contributed by atoms with E-state index in [-0.39, 0.29) is 17.5 Å². The van der Waals surface area contributed by atoms with Crippen molar-refractivity contribution >= 4 is 23.4 Å². The van der Waals surface area contributed by atoms with E-state index in [1.807, 2.05) is 34.9 Å². The van der Waals surface area contributed by atoms with Crippen molar-refractivity contribution < 1.29 is 9.18 Å². The van der Waals surface area contributed by atoms with Crippen molar-refractivity contribution in [3.63, 3.8) is 0 Å². The van der Waals surface area contributed by atoms with Crippen LogP contribution in [0.25, 0.3) is 5.69 Å². The fourth-order valence-corrected chi connectivity index (χ4v) is 3.45. The molecule has 1 aliphatic rings. The van der Waals surface area contributed by atoms with Crippen LogP contribution in [0.5, 0.6) is 0 Å². The number of benzene rings is 2. The van der Waals surface area contributed by atoms with Gasteiger partial charge in [-0.25, -0.2) is 4.39 Å². The average Bonchev–Trinajstić information content (AvgIpc) is 3.40. The highest BCUT2D eigenvalue weighted by molar-refractivity contribution is 7.99. The van der Waals surface area contributed by atoms with Crippen LogP contribution in [0.1, 0.15) is 24.6 Å². The summed E-state index contributed by atoms with van der Waals surface area (Å²) in [6.07, 6.45) is 2.24. The predicted octanol–water partition coefficient (Wildman–Crippen LogP) is 4.01. The number of nitrogens with zero attached hydrogens (tertiary/aromatic N) is 3. The molecule has 1 heterocycles. The first-order chi connectivity index (χ1) is 12.7. The summed E-state index contributed by atoms with van der Waals surface area (Å²) in [6, 6.07) is 15.8. The first-order valence-corrected chi connectivity index (χ1v) is 9.38. The first kappa shape index (κ1) is 16.8. The van der Waals surface area contributed by atoms with E-state index in [0.29, 0.717) is 16.8 Å². The smallest absolute Gasteiger partial charge is 0.234 e. The zero-order valence-electron chi connectivity index (χ0n) is 13.9. The number of hydrogen-bond acceptors (Lipinski definition) is 4. The molecule has 0 atom stereocenters. The van der Waals surface area contributed by atoms with Gasteiger partial charge in [-0.15, -0.1) is 10.2 Å². The highest BCUT2D eigenvalue weighted by Crippen LogP contribution is 2.41. The third-order valence-corrected chi connectivity index (χ3v) is 4.98. The Labute approximate surface area is 154 Å². The van der Waals surface area contributed by atoms with Gasteiger partial charge in [-0.3, -0.25) is 9.36 Å². The van der Waals surface area contributed by atoms with E-state index in [9.17, 15) is 9.18 Å². The average molecular weight is 368 g/mol. The molecule has 3 aromatic rings. The van der Waals surface area contributed by atoms with E-state index < -0.39 is 0 Å². The standard InChI is InChI=1S/C19H17FN4OS/c20-14-5-4-6-15(11-14)21-17(25)12-26-19-23-22-18(13-9-10-13)24(19)16-7-2-1-3-8-16/h1-8,11,13H,9-10,12H2,(H,21,25). The Morgan fingerprint density at radius 1 is 1.15 bits per heavy atom. The van der Waals surface area contributed by atoms with Gasteiger partial charge in [-0.05, 0) is 43.2 Å². The van der Waals surface area contributed by atoms with Crippen LogP contribution >= 0.6 is 11.8 Å². The molecule has 0 radical (unpaired) electrons. The Morgan fingerprint density at radius 2 is 1.96 bits per heavy atom. The summed E-state index contributed by atoms with van der Waals surface area (Å²) in [6.45, 7) is 0. The summed E-state index contributed by atoms with van der Waals surface area (Å²) >= 11 is 1.32. The van der Waals surface area contributed by atoms with Crippen LogP contribution in [0, 0.1) is 5.82 Å². The summed E-state index contributed by atoms with van der Waals surface area (Å²) in [7, 11) is 0. The van der Waals surface area contributed by atoms with Crippen molar-refractivity contribution in [1.82, 2.24) is 14.8 Å². The number of rotatable bonds is 6. The molecule has 1 fully saturated rings. The van der Waals surface area contributed by atoms with Gasteiger partial charge in [0, 0.05) is 17.3 Å². The molecule has 4 rings (SSSR count). The van der Waals surface area contributed by atoms with Crippen molar-refractivity contribution in [3.05, 3.63) is 66.2 Å². The number of anilines is 1. The maximum absolute atomic E-state index is 13.2. The molecule has 132 valence electrons. The number of halogens is 1. The van der Waals surface area contributed by atoms with Gasteiger partial charge >= 0.3 is 0 Å². The van der Waals surface area contributed by atoms with E-state index in [1.165, 1.54) is 23.9 Å². The first-order valence-electron chi connectivity index (χ1n) is 8.39. The Kier molecular flexibility index (Phi) is 4.71. The number of aromatic nitrogens is 3. The molecular formula is C19H17FN4OS. The molecule has 0 aliphatic heterocycles. The molecule has 7 heteroatoms. The van der Waals surface area contributed by atoms with E-state index in [2.05, 4.69) is 15.5 Å². The van der Waals surface area contributed by atoms with Crippen molar-refractivity contribution in [3.8, 4) is 5.69 Å². The largest absolute Gasteiger partial charge is 0.325 e. The molecular weight excluding hydrogens is 351 g/mol. The van der Waals surface area contributed by atoms with Crippen molar-refractivity contribution in [1.29, 1.82) is 0 Å². The fraction of sp³-hybridized carbons (Fsp3) is 0.211. The van der Waals surface area contributed by atoms with E-state index in [0.717, 1.165) is 24.4 Å². The van der Waals surface area contributed by atoms with Gasteiger partial charge in [0.1, 0.15) is 11.6 Å². The number of hydrogen-bond donors (Lipinski definition) is 1. The van der Waals surface area contributed by atoms with Gasteiger partial charge in [-0.2, -0.15) is 0 Å². The third kappa shape index (κ3) is 3.77. The van der Waals surface area contributed by atoms with E-state index in [4.69, 9.17) is 0 Å². The normalized spacial score (nSPS) is 13.6. The Balaban J connectivity index is 1.49. The molecule has 1 aliphatic carbocycles. The predicted molar refractivity (Wildman–Crippen MR) is 99.1 cm³/mol. The SMILES string of the molecule is O=C(CSc1nnc(C2CC2)n1-c1ccccc1)Nc1cccc(F)c1. The lowest BCUT2D eigenvalue weighted by atomic mass is 10.3. The number of thioether (sulfide) groups is 1. The second-order valence-corrected chi connectivity index (χ2v) is 7.08. The van der Waals surface area contributed by atoms with Crippen molar-refractivity contribution in [2.24, 2.45) is 0 Å². The lowest BCUT2D eigenvalue weighted by Gasteiger charge is -2.10. The molecule has 2 aromatic carbocycles. The molecule has 1 N–H and O–H groups in total.